The summed E-state index contributed by atoms with van der Waals surface area (Å²) in [5.41, 5.74) is 2.95. The van der Waals surface area contributed by atoms with Gasteiger partial charge in [-0.1, -0.05) is 60.7 Å². The average Bonchev–Trinajstić information content (AvgIpc) is 2.98. The van der Waals surface area contributed by atoms with E-state index < -0.39 is 0 Å². The van der Waals surface area contributed by atoms with Crippen LogP contribution >= 0.6 is 23.5 Å². The van der Waals surface area contributed by atoms with Crippen LogP contribution in [0.3, 0.4) is 0 Å². The molecular weight excluding hydrogens is 332 g/mol. The molecule has 0 radical (unpaired) electrons. The molecule has 0 unspecified atom stereocenters. The highest BCUT2D eigenvalue weighted by Crippen LogP contribution is 2.42. The van der Waals surface area contributed by atoms with Gasteiger partial charge in [-0.25, -0.2) is 0 Å². The zero-order valence-corrected chi connectivity index (χ0v) is 15.6. The molecule has 1 saturated carbocycles. The van der Waals surface area contributed by atoms with Gasteiger partial charge in [0.25, 0.3) is 0 Å². The molecule has 0 aliphatic heterocycles. The molecule has 126 valence electrons. The molecule has 0 heterocycles. The van der Waals surface area contributed by atoms with E-state index in [4.69, 9.17) is 0 Å². The lowest BCUT2D eigenvalue weighted by Crippen LogP contribution is -2.24. The van der Waals surface area contributed by atoms with Gasteiger partial charge in [0.15, 0.2) is 0 Å². The monoisotopic (exact) mass is 356 g/mol. The van der Waals surface area contributed by atoms with Gasteiger partial charge in [0.1, 0.15) is 5.78 Å². The second-order valence-corrected chi connectivity index (χ2v) is 8.64. The zero-order chi connectivity index (χ0) is 16.7. The van der Waals surface area contributed by atoms with Crippen LogP contribution in [-0.2, 0) is 16.3 Å². The maximum absolute atomic E-state index is 11.9. The molecular formula is C21H24OS2. The van der Waals surface area contributed by atoms with Crippen LogP contribution in [0.1, 0.15) is 30.4 Å². The van der Waals surface area contributed by atoms with Crippen LogP contribution in [0.4, 0.5) is 0 Å². The predicted molar refractivity (Wildman–Crippen MR) is 106 cm³/mol. The van der Waals surface area contributed by atoms with Crippen molar-refractivity contribution in [2.45, 2.75) is 30.8 Å². The fourth-order valence-electron chi connectivity index (χ4n) is 3.21. The molecule has 0 atom stereocenters. The van der Waals surface area contributed by atoms with Gasteiger partial charge >= 0.3 is 0 Å². The lowest BCUT2D eigenvalue weighted by atomic mass is 9.91. The van der Waals surface area contributed by atoms with Crippen molar-refractivity contribution >= 4 is 29.3 Å². The summed E-state index contributed by atoms with van der Waals surface area (Å²) in [4.78, 5) is 11.9. The van der Waals surface area contributed by atoms with E-state index in [0.29, 0.717) is 5.78 Å². The third-order valence-corrected chi connectivity index (χ3v) is 7.25. The molecule has 1 aliphatic rings. The Labute approximate surface area is 153 Å². The van der Waals surface area contributed by atoms with Crippen molar-refractivity contribution in [1.82, 2.24) is 0 Å². The largest absolute Gasteiger partial charge is 0.300 e. The Balaban J connectivity index is 1.51. The Kier molecular flexibility index (Phi) is 6.44. The van der Waals surface area contributed by atoms with E-state index in [-0.39, 0.29) is 5.41 Å². The fraction of sp³-hybridized carbons (Fsp3) is 0.381. The quantitative estimate of drug-likeness (QED) is 0.613. The van der Waals surface area contributed by atoms with Crippen LogP contribution in [-0.4, -0.2) is 17.3 Å². The lowest BCUT2D eigenvalue weighted by molar-refractivity contribution is -0.117. The molecule has 2 aromatic rings. The minimum atomic E-state index is 0.204. The summed E-state index contributed by atoms with van der Waals surface area (Å²) in [5, 5.41) is 0. The zero-order valence-electron chi connectivity index (χ0n) is 13.9. The molecule has 0 bridgehead atoms. The van der Waals surface area contributed by atoms with Gasteiger partial charge in [-0.15, -0.1) is 0 Å². The lowest BCUT2D eigenvalue weighted by Gasteiger charge is -2.27. The number of Topliss-reactive ketones (excluding diaryl/α,β-unsaturated/α-hetero) is 1. The Hall–Kier alpha value is -1.19. The molecule has 2 aromatic carbocycles. The highest BCUT2D eigenvalue weighted by atomic mass is 32.2. The normalized spacial score (nSPS) is 16.4. The van der Waals surface area contributed by atoms with E-state index >= 15 is 0 Å². The summed E-state index contributed by atoms with van der Waals surface area (Å²) in [7, 11) is 0. The first-order valence-electron chi connectivity index (χ1n) is 8.51. The minimum Gasteiger partial charge on any atom is -0.300 e. The first kappa shape index (κ1) is 17.6. The van der Waals surface area contributed by atoms with Crippen molar-refractivity contribution in [3.63, 3.8) is 0 Å². The van der Waals surface area contributed by atoms with E-state index in [0.717, 1.165) is 42.3 Å². The van der Waals surface area contributed by atoms with Crippen molar-refractivity contribution in [1.29, 1.82) is 0 Å². The SMILES string of the molecule is O=C1CCC(CSCc2ccccc2)(CSCc2ccccc2)C1. The average molecular weight is 357 g/mol. The van der Waals surface area contributed by atoms with E-state index in [9.17, 15) is 4.79 Å². The van der Waals surface area contributed by atoms with Crippen LogP contribution in [0.25, 0.3) is 0 Å². The Morgan fingerprint density at radius 3 is 1.71 bits per heavy atom. The van der Waals surface area contributed by atoms with Gasteiger partial charge in [-0.05, 0) is 23.0 Å². The molecule has 0 saturated heterocycles. The standard InChI is InChI=1S/C21H24OS2/c22-20-11-12-21(13-20,16-23-14-18-7-3-1-4-8-18)17-24-15-19-9-5-2-6-10-19/h1-10H,11-17H2. The van der Waals surface area contributed by atoms with Crippen LogP contribution < -0.4 is 0 Å². The second-order valence-electron chi connectivity index (χ2n) is 6.67. The molecule has 0 spiro atoms. The van der Waals surface area contributed by atoms with E-state index in [2.05, 4.69) is 60.7 Å². The number of hydrogen-bond donors (Lipinski definition) is 0. The van der Waals surface area contributed by atoms with Crippen LogP contribution in [0, 0.1) is 5.41 Å². The van der Waals surface area contributed by atoms with Gasteiger partial charge in [0, 0.05) is 35.9 Å². The van der Waals surface area contributed by atoms with Gasteiger partial charge in [-0.2, -0.15) is 23.5 Å². The van der Waals surface area contributed by atoms with Crippen molar-refractivity contribution in [3.8, 4) is 0 Å². The topological polar surface area (TPSA) is 17.1 Å². The van der Waals surface area contributed by atoms with Gasteiger partial charge in [0.05, 0.1) is 0 Å². The smallest absolute Gasteiger partial charge is 0.133 e. The van der Waals surface area contributed by atoms with E-state index in [1.165, 1.54) is 11.1 Å². The summed E-state index contributed by atoms with van der Waals surface area (Å²) in [5.74, 6) is 4.72. The van der Waals surface area contributed by atoms with Crippen LogP contribution in [0.15, 0.2) is 60.7 Å². The van der Waals surface area contributed by atoms with E-state index in [1.807, 2.05) is 23.5 Å². The summed E-state index contributed by atoms with van der Waals surface area (Å²) >= 11 is 3.97. The number of carbonyl (C=O) groups is 1. The molecule has 24 heavy (non-hydrogen) atoms. The number of rotatable bonds is 8. The number of hydrogen-bond acceptors (Lipinski definition) is 3. The van der Waals surface area contributed by atoms with Crippen molar-refractivity contribution < 1.29 is 4.79 Å². The highest BCUT2D eigenvalue weighted by molar-refractivity contribution is 7.99. The summed E-state index contributed by atoms with van der Waals surface area (Å²) < 4.78 is 0. The summed E-state index contributed by atoms with van der Waals surface area (Å²) in [6, 6.07) is 21.2. The highest BCUT2D eigenvalue weighted by Gasteiger charge is 2.38. The molecule has 0 amide bonds. The number of thioether (sulfide) groups is 2. The number of carbonyl (C=O) groups excluding carboxylic acids is 1. The van der Waals surface area contributed by atoms with Gasteiger partial charge in [-0.3, -0.25) is 4.79 Å². The van der Waals surface area contributed by atoms with Gasteiger partial charge in [0.2, 0.25) is 0 Å². The molecule has 3 rings (SSSR count). The minimum absolute atomic E-state index is 0.204. The van der Waals surface area contributed by atoms with E-state index in [1.54, 1.807) is 0 Å². The molecule has 3 heteroatoms. The van der Waals surface area contributed by atoms with Crippen LogP contribution in [0.5, 0.6) is 0 Å². The van der Waals surface area contributed by atoms with Crippen molar-refractivity contribution in [3.05, 3.63) is 71.8 Å². The summed E-state index contributed by atoms with van der Waals surface area (Å²) in [6.45, 7) is 0. The Morgan fingerprint density at radius 1 is 0.792 bits per heavy atom. The fourth-order valence-corrected chi connectivity index (χ4v) is 5.96. The third-order valence-electron chi connectivity index (χ3n) is 4.55. The maximum atomic E-state index is 11.9. The second kappa shape index (κ2) is 8.77. The Bertz CT molecular complexity index is 594. The predicted octanol–water partition coefficient (Wildman–Crippen LogP) is 5.59. The molecule has 0 aromatic heterocycles. The van der Waals surface area contributed by atoms with Gasteiger partial charge < -0.3 is 0 Å². The number of ketones is 1. The van der Waals surface area contributed by atoms with Crippen molar-refractivity contribution in [2.75, 3.05) is 11.5 Å². The Morgan fingerprint density at radius 2 is 1.29 bits per heavy atom. The molecule has 1 fully saturated rings. The third kappa shape index (κ3) is 5.15. The molecule has 0 N–H and O–H groups in total. The van der Waals surface area contributed by atoms with Crippen LogP contribution in [0.2, 0.25) is 0 Å². The first-order chi connectivity index (χ1) is 11.8. The first-order valence-corrected chi connectivity index (χ1v) is 10.8. The molecule has 1 aliphatic carbocycles. The maximum Gasteiger partial charge on any atom is 0.133 e. The van der Waals surface area contributed by atoms with Crippen molar-refractivity contribution in [2.24, 2.45) is 5.41 Å². The number of benzene rings is 2. The summed E-state index contributed by atoms with van der Waals surface area (Å²) in [6.07, 6.45) is 2.61. The molecule has 1 nitrogen and oxygen atoms in total.